The van der Waals surface area contributed by atoms with E-state index in [4.69, 9.17) is 0 Å². The number of alkyl halides is 1. The van der Waals surface area contributed by atoms with E-state index in [0.717, 1.165) is 28.8 Å². The van der Waals surface area contributed by atoms with E-state index in [9.17, 15) is 0 Å². The summed E-state index contributed by atoms with van der Waals surface area (Å²) in [6.07, 6.45) is 7.17. The lowest BCUT2D eigenvalue weighted by Gasteiger charge is -2.03. The standard InChI is InChI=1S/C12H15BrN4/c1-9(2)7-17-8-10(5-13)12(16-17)11-6-14-3-4-15-11/h3-4,6,8-9H,5,7H2,1-2H3. The summed E-state index contributed by atoms with van der Waals surface area (Å²) in [6.45, 7) is 5.27. The summed E-state index contributed by atoms with van der Waals surface area (Å²) in [5.74, 6) is 0.577. The Hall–Kier alpha value is -1.23. The number of rotatable bonds is 4. The van der Waals surface area contributed by atoms with Crippen LogP contribution in [0.3, 0.4) is 0 Å². The lowest BCUT2D eigenvalue weighted by atomic mass is 10.2. The zero-order chi connectivity index (χ0) is 12.3. The van der Waals surface area contributed by atoms with Gasteiger partial charge < -0.3 is 0 Å². The quantitative estimate of drug-likeness (QED) is 0.815. The van der Waals surface area contributed by atoms with Crippen molar-refractivity contribution in [2.24, 2.45) is 5.92 Å². The first-order chi connectivity index (χ1) is 8.20. The maximum absolute atomic E-state index is 4.58. The third kappa shape index (κ3) is 2.91. The molecule has 0 N–H and O–H groups in total. The second kappa shape index (κ2) is 5.40. The molecule has 2 aromatic heterocycles. The summed E-state index contributed by atoms with van der Waals surface area (Å²) in [5.41, 5.74) is 2.88. The largest absolute Gasteiger partial charge is 0.272 e. The number of hydrogen-bond donors (Lipinski definition) is 0. The molecule has 0 aliphatic heterocycles. The van der Waals surface area contributed by atoms with Gasteiger partial charge in [0, 0.05) is 36.0 Å². The fraction of sp³-hybridized carbons (Fsp3) is 0.417. The van der Waals surface area contributed by atoms with Crippen LogP contribution in [0.2, 0.25) is 0 Å². The van der Waals surface area contributed by atoms with Crippen LogP contribution >= 0.6 is 15.9 Å². The average molecular weight is 295 g/mol. The molecule has 0 spiro atoms. The van der Waals surface area contributed by atoms with Crippen molar-refractivity contribution in [3.8, 4) is 11.4 Å². The predicted molar refractivity (Wildman–Crippen MR) is 70.7 cm³/mol. The van der Waals surface area contributed by atoms with E-state index in [1.165, 1.54) is 0 Å². The molecule has 0 saturated carbocycles. The van der Waals surface area contributed by atoms with Crippen molar-refractivity contribution in [2.75, 3.05) is 0 Å². The van der Waals surface area contributed by atoms with Gasteiger partial charge in [0.15, 0.2) is 0 Å². The van der Waals surface area contributed by atoms with Crippen molar-refractivity contribution in [3.63, 3.8) is 0 Å². The molecule has 4 nitrogen and oxygen atoms in total. The maximum Gasteiger partial charge on any atom is 0.116 e. The molecule has 17 heavy (non-hydrogen) atoms. The number of halogens is 1. The zero-order valence-corrected chi connectivity index (χ0v) is 11.6. The van der Waals surface area contributed by atoms with Gasteiger partial charge in [-0.15, -0.1) is 0 Å². The minimum atomic E-state index is 0.577. The molecule has 0 amide bonds. The van der Waals surface area contributed by atoms with Crippen LogP contribution in [0.15, 0.2) is 24.8 Å². The predicted octanol–water partition coefficient (Wildman–Crippen LogP) is 2.89. The molecule has 0 atom stereocenters. The van der Waals surface area contributed by atoms with Gasteiger partial charge >= 0.3 is 0 Å². The minimum absolute atomic E-state index is 0.577. The molecule has 2 heterocycles. The van der Waals surface area contributed by atoms with Crippen LogP contribution in [0.1, 0.15) is 19.4 Å². The maximum atomic E-state index is 4.58. The molecule has 0 aromatic carbocycles. The van der Waals surface area contributed by atoms with Crippen LogP contribution in [-0.4, -0.2) is 19.7 Å². The van der Waals surface area contributed by atoms with Crippen LogP contribution in [0, 0.1) is 5.92 Å². The molecule has 0 bridgehead atoms. The Bertz CT molecular complexity index is 479. The van der Waals surface area contributed by atoms with Crippen LogP contribution < -0.4 is 0 Å². The normalized spacial score (nSPS) is 11.1. The minimum Gasteiger partial charge on any atom is -0.272 e. The summed E-state index contributed by atoms with van der Waals surface area (Å²) in [4.78, 5) is 8.37. The first-order valence-electron chi connectivity index (χ1n) is 5.59. The van der Waals surface area contributed by atoms with Crippen molar-refractivity contribution in [2.45, 2.75) is 25.7 Å². The first kappa shape index (κ1) is 12.2. The lowest BCUT2D eigenvalue weighted by Crippen LogP contribution is -2.04. The Kier molecular flexibility index (Phi) is 3.89. The van der Waals surface area contributed by atoms with Crippen molar-refractivity contribution >= 4 is 15.9 Å². The molecule has 0 fully saturated rings. The van der Waals surface area contributed by atoms with Crippen molar-refractivity contribution in [1.29, 1.82) is 0 Å². The molecule has 0 aliphatic rings. The smallest absolute Gasteiger partial charge is 0.116 e. The fourth-order valence-electron chi connectivity index (χ4n) is 1.67. The second-order valence-corrected chi connectivity index (χ2v) is 4.90. The second-order valence-electron chi connectivity index (χ2n) is 4.34. The van der Waals surface area contributed by atoms with E-state index >= 15 is 0 Å². The highest BCUT2D eigenvalue weighted by atomic mass is 79.9. The van der Waals surface area contributed by atoms with Gasteiger partial charge in [-0.25, -0.2) is 0 Å². The molecule has 2 aromatic rings. The molecule has 0 radical (unpaired) electrons. The van der Waals surface area contributed by atoms with E-state index in [-0.39, 0.29) is 0 Å². The van der Waals surface area contributed by atoms with Gasteiger partial charge in [-0.3, -0.25) is 14.6 Å². The Morgan fingerprint density at radius 3 is 2.76 bits per heavy atom. The summed E-state index contributed by atoms with van der Waals surface area (Å²) < 4.78 is 1.98. The average Bonchev–Trinajstić information content (AvgIpc) is 2.72. The molecular weight excluding hydrogens is 280 g/mol. The topological polar surface area (TPSA) is 43.6 Å². The Morgan fingerprint density at radius 2 is 2.18 bits per heavy atom. The number of aromatic nitrogens is 4. The lowest BCUT2D eigenvalue weighted by molar-refractivity contribution is 0.484. The molecular formula is C12H15BrN4. The van der Waals surface area contributed by atoms with E-state index in [0.29, 0.717) is 5.92 Å². The van der Waals surface area contributed by atoms with Gasteiger partial charge in [-0.1, -0.05) is 29.8 Å². The molecule has 2 rings (SSSR count). The van der Waals surface area contributed by atoms with E-state index in [1.54, 1.807) is 18.6 Å². The third-order valence-electron chi connectivity index (χ3n) is 2.34. The summed E-state index contributed by atoms with van der Waals surface area (Å²) in [5, 5.41) is 5.35. The molecule has 5 heteroatoms. The van der Waals surface area contributed by atoms with Gasteiger partial charge in [0.1, 0.15) is 11.4 Å². The Labute approximate surface area is 109 Å². The highest BCUT2D eigenvalue weighted by Crippen LogP contribution is 2.21. The summed E-state index contributed by atoms with van der Waals surface area (Å²) >= 11 is 3.48. The van der Waals surface area contributed by atoms with E-state index in [2.05, 4.69) is 51.0 Å². The molecule has 0 aliphatic carbocycles. The van der Waals surface area contributed by atoms with Gasteiger partial charge in [0.25, 0.3) is 0 Å². The van der Waals surface area contributed by atoms with Crippen molar-refractivity contribution in [1.82, 2.24) is 19.7 Å². The summed E-state index contributed by atoms with van der Waals surface area (Å²) in [7, 11) is 0. The third-order valence-corrected chi connectivity index (χ3v) is 2.94. The fourth-order valence-corrected chi connectivity index (χ4v) is 2.08. The molecule has 90 valence electrons. The Balaban J connectivity index is 2.36. The molecule has 0 unspecified atom stereocenters. The highest BCUT2D eigenvalue weighted by molar-refractivity contribution is 9.08. The zero-order valence-electron chi connectivity index (χ0n) is 9.97. The molecule has 0 saturated heterocycles. The van der Waals surface area contributed by atoms with Gasteiger partial charge in [-0.2, -0.15) is 5.10 Å². The van der Waals surface area contributed by atoms with Crippen LogP contribution in [0.25, 0.3) is 11.4 Å². The van der Waals surface area contributed by atoms with Crippen LogP contribution in [0.5, 0.6) is 0 Å². The SMILES string of the molecule is CC(C)Cn1cc(CBr)c(-c2cnccn2)n1. The van der Waals surface area contributed by atoms with Crippen molar-refractivity contribution in [3.05, 3.63) is 30.4 Å². The monoisotopic (exact) mass is 294 g/mol. The van der Waals surface area contributed by atoms with Crippen LogP contribution in [-0.2, 0) is 11.9 Å². The van der Waals surface area contributed by atoms with Gasteiger partial charge in [0.2, 0.25) is 0 Å². The van der Waals surface area contributed by atoms with Gasteiger partial charge in [0.05, 0.1) is 6.20 Å². The van der Waals surface area contributed by atoms with E-state index < -0.39 is 0 Å². The van der Waals surface area contributed by atoms with Gasteiger partial charge in [-0.05, 0) is 5.92 Å². The van der Waals surface area contributed by atoms with E-state index in [1.807, 2.05) is 4.68 Å². The summed E-state index contributed by atoms with van der Waals surface area (Å²) in [6, 6.07) is 0. The Morgan fingerprint density at radius 1 is 1.35 bits per heavy atom. The van der Waals surface area contributed by atoms with Crippen LogP contribution in [0.4, 0.5) is 0 Å². The number of nitrogens with zero attached hydrogens (tertiary/aromatic N) is 4. The first-order valence-corrected chi connectivity index (χ1v) is 6.71. The van der Waals surface area contributed by atoms with Crippen molar-refractivity contribution < 1.29 is 0 Å². The number of hydrogen-bond acceptors (Lipinski definition) is 3. The highest BCUT2D eigenvalue weighted by Gasteiger charge is 2.11.